The summed E-state index contributed by atoms with van der Waals surface area (Å²) < 4.78 is 17.7. The maximum atomic E-state index is 13.5. The molecule has 1 saturated heterocycles. The highest BCUT2D eigenvalue weighted by Gasteiger charge is 2.47. The van der Waals surface area contributed by atoms with Gasteiger partial charge >= 0.3 is 5.97 Å². The average molecular weight is 1190 g/mol. The highest BCUT2D eigenvalue weighted by molar-refractivity contribution is 5.80. The lowest BCUT2D eigenvalue weighted by atomic mass is 9.99. The van der Waals surface area contributed by atoms with Gasteiger partial charge in [-0.15, -0.1) is 0 Å². The molecule has 0 bridgehead atoms. The third-order valence-electron chi connectivity index (χ3n) is 16.3. The van der Waals surface area contributed by atoms with Crippen LogP contribution < -0.4 is 5.32 Å². The monoisotopic (exact) mass is 1190 g/mol. The second kappa shape index (κ2) is 61.1. The van der Waals surface area contributed by atoms with Gasteiger partial charge in [0.1, 0.15) is 24.4 Å². The Kier molecular flexibility index (Phi) is 57.4. The molecule has 1 aliphatic rings. The number of carbonyl (C=O) groups is 2. The highest BCUT2D eigenvalue weighted by Crippen LogP contribution is 2.26. The number of unbranched alkanes of at least 4 members (excludes halogenated alkanes) is 34. The molecule has 0 radical (unpaired) electrons. The minimum absolute atomic E-state index is 0.111. The van der Waals surface area contributed by atoms with Gasteiger partial charge in [0.25, 0.3) is 0 Å². The zero-order valence-electron chi connectivity index (χ0n) is 54.7. The minimum Gasteiger partial charge on any atom is -0.454 e. The Hall–Kier alpha value is -3.16. The first kappa shape index (κ1) is 79.9. The molecule has 1 rings (SSSR count). The molecule has 1 amide bonds. The quantitative estimate of drug-likeness (QED) is 0.0195. The van der Waals surface area contributed by atoms with Crippen molar-refractivity contribution >= 4 is 11.9 Å². The van der Waals surface area contributed by atoms with Crippen molar-refractivity contribution in [3.8, 4) is 0 Å². The number of hydrogen-bond donors (Lipinski definition) is 6. The van der Waals surface area contributed by atoms with Gasteiger partial charge in [-0.05, 0) is 77.0 Å². The number of allylic oxidation sites excluding steroid dienone is 13. The fourth-order valence-electron chi connectivity index (χ4n) is 10.8. The van der Waals surface area contributed by atoms with Gasteiger partial charge in [0, 0.05) is 6.42 Å². The van der Waals surface area contributed by atoms with Gasteiger partial charge < -0.3 is 45.1 Å². The lowest BCUT2D eigenvalue weighted by molar-refractivity contribution is -0.305. The van der Waals surface area contributed by atoms with Crippen LogP contribution in [0.5, 0.6) is 0 Å². The molecular formula is C74H131NO10. The standard InChI is InChI=1S/C74H131NO10/c1-4-7-10-13-16-19-22-25-27-29-30-31-32-33-34-35-36-37-38-39-41-44-47-50-53-56-59-62-69(79)85-72-71(81)70(80)68(63-76)84-74(72)83-64-65(66(77)60-57-54-51-48-45-42-24-21-18-15-12-9-6-3)75-73(82)67(78)61-58-55-52-49-46-43-40-28-26-23-20-17-14-11-8-5-2/h7,10,16,19,25,27,30-31,33-34,36-37,57,60,65-68,70-72,74,76-78,80-81H,4-6,8-9,11-15,17-18,20-24,26,28-29,32,35,38-56,58-59,61-64H2,1-3H3,(H,75,82)/b10-7-,19-16-,27-25-,31-30-,34-33-,37-36-,60-57+. The first-order valence-electron chi connectivity index (χ1n) is 35.4. The number of amides is 1. The van der Waals surface area contributed by atoms with Gasteiger partial charge in [0.05, 0.1) is 25.4 Å². The predicted molar refractivity (Wildman–Crippen MR) is 356 cm³/mol. The molecule has 0 aliphatic carbocycles. The van der Waals surface area contributed by atoms with Crippen LogP contribution in [0.15, 0.2) is 85.1 Å². The van der Waals surface area contributed by atoms with Crippen LogP contribution in [0, 0.1) is 0 Å². The molecule has 85 heavy (non-hydrogen) atoms. The van der Waals surface area contributed by atoms with Crippen molar-refractivity contribution in [2.45, 2.75) is 359 Å². The summed E-state index contributed by atoms with van der Waals surface area (Å²) in [7, 11) is 0. The molecule has 1 aliphatic heterocycles. The van der Waals surface area contributed by atoms with Crippen molar-refractivity contribution in [3.63, 3.8) is 0 Å². The Morgan fingerprint density at radius 1 is 0.471 bits per heavy atom. The summed E-state index contributed by atoms with van der Waals surface area (Å²) in [6.07, 6.45) is 70.4. The molecule has 0 aromatic rings. The first-order valence-corrected chi connectivity index (χ1v) is 35.4. The van der Waals surface area contributed by atoms with Crippen LogP contribution in [0.1, 0.15) is 310 Å². The van der Waals surface area contributed by atoms with E-state index in [1.807, 2.05) is 6.08 Å². The SMILES string of the molecule is CC/C=C\C/C=C\C/C=C\C/C=C\C/C=C\C/C=C\CCCCCCCCCCC(=O)OC1C(OCC(NC(=O)C(O)CCCCCCCCCCCCCCCCCC)C(O)/C=C/CCCCCCCCCCCCC)OC(CO)C(O)C1O. The zero-order chi connectivity index (χ0) is 61.7. The van der Waals surface area contributed by atoms with Crippen LogP contribution in [0.3, 0.4) is 0 Å². The summed E-state index contributed by atoms with van der Waals surface area (Å²) in [5, 5.41) is 57.2. The van der Waals surface area contributed by atoms with Crippen LogP contribution in [0.25, 0.3) is 0 Å². The van der Waals surface area contributed by atoms with E-state index in [2.05, 4.69) is 99.0 Å². The highest BCUT2D eigenvalue weighted by atomic mass is 16.7. The van der Waals surface area contributed by atoms with Gasteiger partial charge in [-0.2, -0.15) is 0 Å². The molecule has 0 aromatic carbocycles. The fraction of sp³-hybridized carbons (Fsp3) is 0.784. The maximum absolute atomic E-state index is 13.5. The number of ether oxygens (including phenoxy) is 3. The smallest absolute Gasteiger partial charge is 0.306 e. The number of nitrogens with one attached hydrogen (secondary N) is 1. The Morgan fingerprint density at radius 2 is 0.847 bits per heavy atom. The molecule has 8 atom stereocenters. The molecule has 0 aromatic heterocycles. The lowest BCUT2D eigenvalue weighted by Gasteiger charge is -2.41. The predicted octanol–water partition coefficient (Wildman–Crippen LogP) is 18.1. The number of hydrogen-bond acceptors (Lipinski definition) is 10. The van der Waals surface area contributed by atoms with Gasteiger partial charge in [0.15, 0.2) is 12.4 Å². The Balaban J connectivity index is 2.58. The van der Waals surface area contributed by atoms with Gasteiger partial charge in [-0.25, -0.2) is 0 Å². The van der Waals surface area contributed by atoms with E-state index in [1.54, 1.807) is 6.08 Å². The molecule has 6 N–H and O–H groups in total. The molecule has 8 unspecified atom stereocenters. The molecule has 492 valence electrons. The van der Waals surface area contributed by atoms with E-state index in [1.165, 1.54) is 154 Å². The van der Waals surface area contributed by atoms with Gasteiger partial charge in [-0.3, -0.25) is 9.59 Å². The van der Waals surface area contributed by atoms with Crippen LogP contribution in [0.4, 0.5) is 0 Å². The van der Waals surface area contributed by atoms with E-state index >= 15 is 0 Å². The second-order valence-corrected chi connectivity index (χ2v) is 24.2. The van der Waals surface area contributed by atoms with E-state index in [4.69, 9.17) is 14.2 Å². The normalized spacial score (nSPS) is 18.9. The third kappa shape index (κ3) is 48.4. The van der Waals surface area contributed by atoms with Crippen molar-refractivity contribution < 1.29 is 49.3 Å². The van der Waals surface area contributed by atoms with E-state index in [-0.39, 0.29) is 13.0 Å². The Morgan fingerprint density at radius 3 is 1.27 bits per heavy atom. The summed E-state index contributed by atoms with van der Waals surface area (Å²) in [4.78, 5) is 26.7. The second-order valence-electron chi connectivity index (χ2n) is 24.2. The largest absolute Gasteiger partial charge is 0.454 e. The summed E-state index contributed by atoms with van der Waals surface area (Å²) in [6.45, 7) is 5.71. The fourth-order valence-corrected chi connectivity index (χ4v) is 10.8. The lowest BCUT2D eigenvalue weighted by Crippen LogP contribution is -2.61. The third-order valence-corrected chi connectivity index (χ3v) is 16.3. The molecule has 1 heterocycles. The maximum Gasteiger partial charge on any atom is 0.306 e. The van der Waals surface area contributed by atoms with Crippen molar-refractivity contribution in [2.75, 3.05) is 13.2 Å². The first-order chi connectivity index (χ1) is 41.7. The van der Waals surface area contributed by atoms with Crippen LogP contribution >= 0.6 is 0 Å². The van der Waals surface area contributed by atoms with Crippen LogP contribution in [-0.4, -0.2) is 99.6 Å². The number of rotatable bonds is 60. The molecular weight excluding hydrogens is 1060 g/mol. The number of aliphatic hydroxyl groups is 5. The van der Waals surface area contributed by atoms with Crippen molar-refractivity contribution in [1.29, 1.82) is 0 Å². The van der Waals surface area contributed by atoms with Crippen molar-refractivity contribution in [1.82, 2.24) is 5.32 Å². The molecule has 11 heteroatoms. The number of aliphatic hydroxyl groups excluding tert-OH is 5. The summed E-state index contributed by atoms with van der Waals surface area (Å²) in [5.74, 6) is -1.20. The van der Waals surface area contributed by atoms with Crippen molar-refractivity contribution in [2.24, 2.45) is 0 Å². The molecule has 11 nitrogen and oxygen atoms in total. The molecule has 0 spiro atoms. The molecule has 1 fully saturated rings. The number of esters is 1. The Labute approximate surface area is 521 Å². The van der Waals surface area contributed by atoms with E-state index in [0.29, 0.717) is 19.3 Å². The van der Waals surface area contributed by atoms with E-state index in [9.17, 15) is 35.1 Å². The summed E-state index contributed by atoms with van der Waals surface area (Å²) in [6, 6.07) is -1.03. The minimum atomic E-state index is -1.62. The van der Waals surface area contributed by atoms with Crippen LogP contribution in [0.2, 0.25) is 0 Å². The van der Waals surface area contributed by atoms with Crippen molar-refractivity contribution in [3.05, 3.63) is 85.1 Å². The topological polar surface area (TPSA) is 175 Å². The Bertz CT molecular complexity index is 1710. The molecule has 0 saturated carbocycles. The summed E-state index contributed by atoms with van der Waals surface area (Å²) >= 11 is 0. The van der Waals surface area contributed by atoms with Gasteiger partial charge in [-0.1, -0.05) is 311 Å². The van der Waals surface area contributed by atoms with Gasteiger partial charge in [0.2, 0.25) is 5.91 Å². The zero-order valence-corrected chi connectivity index (χ0v) is 54.7. The van der Waals surface area contributed by atoms with Crippen LogP contribution in [-0.2, 0) is 23.8 Å². The van der Waals surface area contributed by atoms with E-state index in [0.717, 1.165) is 109 Å². The average Bonchev–Trinajstić information content (AvgIpc) is 2.50. The van der Waals surface area contributed by atoms with E-state index < -0.39 is 67.4 Å². The number of carbonyl (C=O) groups excluding carboxylic acids is 2. The summed E-state index contributed by atoms with van der Waals surface area (Å²) in [5.41, 5.74) is 0.